The first-order valence-corrected chi connectivity index (χ1v) is 4.37. The zero-order chi connectivity index (χ0) is 10.6. The fraction of sp³-hybridized carbons (Fsp3) is 1.00. The van der Waals surface area contributed by atoms with E-state index in [0.717, 1.165) is 0 Å². The molecule has 0 aromatic carbocycles. The Morgan fingerprint density at radius 3 is 1.85 bits per heavy atom. The van der Waals surface area contributed by atoms with Crippen molar-refractivity contribution < 1.29 is 13.2 Å². The Hall–Kier alpha value is -0.290. The van der Waals surface area contributed by atoms with Gasteiger partial charge in [-0.3, -0.25) is 4.90 Å². The van der Waals surface area contributed by atoms with E-state index in [1.807, 2.05) is 0 Å². The van der Waals surface area contributed by atoms with E-state index in [-0.39, 0.29) is 12.6 Å². The minimum absolute atomic E-state index is 0.139. The third-order valence-electron chi connectivity index (χ3n) is 2.03. The van der Waals surface area contributed by atoms with Crippen LogP contribution in [0.15, 0.2) is 0 Å². The molecular weight excluding hydrogens is 181 g/mol. The zero-order valence-electron chi connectivity index (χ0n) is 8.23. The maximum absolute atomic E-state index is 12.4. The van der Waals surface area contributed by atoms with Crippen LogP contribution in [0.1, 0.15) is 20.8 Å². The second kappa shape index (κ2) is 4.81. The fourth-order valence-electron chi connectivity index (χ4n) is 1.40. The van der Waals surface area contributed by atoms with Crippen LogP contribution in [0.4, 0.5) is 13.2 Å². The van der Waals surface area contributed by atoms with Crippen LogP contribution < -0.4 is 5.73 Å². The minimum atomic E-state index is -4.23. The van der Waals surface area contributed by atoms with Gasteiger partial charge in [-0.15, -0.1) is 0 Å². The van der Waals surface area contributed by atoms with Crippen molar-refractivity contribution in [3.63, 3.8) is 0 Å². The lowest BCUT2D eigenvalue weighted by molar-refractivity contribution is -0.184. The first-order valence-electron chi connectivity index (χ1n) is 4.37. The van der Waals surface area contributed by atoms with E-state index in [9.17, 15) is 13.2 Å². The molecule has 0 radical (unpaired) electrons. The molecule has 0 amide bonds. The van der Waals surface area contributed by atoms with Gasteiger partial charge in [-0.2, -0.15) is 13.2 Å². The average Bonchev–Trinajstić information content (AvgIpc) is 1.96. The van der Waals surface area contributed by atoms with Crippen molar-refractivity contribution in [1.29, 1.82) is 0 Å². The van der Waals surface area contributed by atoms with Crippen LogP contribution in [0.3, 0.4) is 0 Å². The van der Waals surface area contributed by atoms with E-state index in [4.69, 9.17) is 5.73 Å². The second-order valence-electron chi connectivity index (χ2n) is 3.22. The highest BCUT2D eigenvalue weighted by molar-refractivity contribution is 4.81. The monoisotopic (exact) mass is 198 g/mol. The summed E-state index contributed by atoms with van der Waals surface area (Å²) in [6, 6.07) is -1.65. The van der Waals surface area contributed by atoms with E-state index < -0.39 is 12.2 Å². The van der Waals surface area contributed by atoms with Crippen LogP contribution in [0.5, 0.6) is 0 Å². The van der Waals surface area contributed by atoms with Gasteiger partial charge in [0.2, 0.25) is 0 Å². The molecule has 0 aliphatic rings. The Bertz CT molecular complexity index is 145. The summed E-state index contributed by atoms with van der Waals surface area (Å²) in [7, 11) is 0. The van der Waals surface area contributed by atoms with Crippen LogP contribution in [-0.4, -0.2) is 36.2 Å². The number of rotatable bonds is 4. The van der Waals surface area contributed by atoms with Gasteiger partial charge in [-0.05, 0) is 20.4 Å². The summed E-state index contributed by atoms with van der Waals surface area (Å²) >= 11 is 0. The van der Waals surface area contributed by atoms with Crippen LogP contribution >= 0.6 is 0 Å². The summed E-state index contributed by atoms with van der Waals surface area (Å²) in [5, 5.41) is 0. The topological polar surface area (TPSA) is 29.3 Å². The Balaban J connectivity index is 4.53. The highest BCUT2D eigenvalue weighted by Crippen LogP contribution is 2.25. The number of nitrogens with zero attached hydrogens (tertiary/aromatic N) is 1. The Labute approximate surface area is 76.9 Å². The van der Waals surface area contributed by atoms with Crippen molar-refractivity contribution in [3.05, 3.63) is 0 Å². The maximum Gasteiger partial charge on any atom is 0.405 e. The molecule has 0 fully saturated rings. The van der Waals surface area contributed by atoms with Crippen LogP contribution in [0.2, 0.25) is 0 Å². The average molecular weight is 198 g/mol. The Kier molecular flexibility index (Phi) is 4.70. The van der Waals surface area contributed by atoms with Gasteiger partial charge in [0, 0.05) is 12.6 Å². The van der Waals surface area contributed by atoms with Gasteiger partial charge >= 0.3 is 6.18 Å². The lowest BCUT2D eigenvalue weighted by Gasteiger charge is -2.34. The summed E-state index contributed by atoms with van der Waals surface area (Å²) in [5.74, 6) is 0. The number of halogens is 3. The summed E-state index contributed by atoms with van der Waals surface area (Å²) in [6.07, 6.45) is -4.23. The summed E-state index contributed by atoms with van der Waals surface area (Å²) in [6.45, 7) is 5.15. The molecule has 0 spiro atoms. The second-order valence-corrected chi connectivity index (χ2v) is 3.22. The van der Waals surface area contributed by atoms with Gasteiger partial charge in [0.1, 0.15) is 6.04 Å². The third kappa shape index (κ3) is 3.52. The van der Waals surface area contributed by atoms with Gasteiger partial charge in [-0.25, -0.2) is 0 Å². The normalized spacial score (nSPS) is 15.5. The van der Waals surface area contributed by atoms with Gasteiger partial charge < -0.3 is 5.73 Å². The lowest BCUT2D eigenvalue weighted by atomic mass is 10.2. The number of nitrogens with two attached hydrogens (primary N) is 1. The number of hydrogen-bond acceptors (Lipinski definition) is 2. The number of alkyl halides is 3. The molecule has 0 aliphatic carbocycles. The molecule has 5 heteroatoms. The predicted octanol–water partition coefficient (Wildman–Crippen LogP) is 1.61. The van der Waals surface area contributed by atoms with Crippen molar-refractivity contribution >= 4 is 0 Å². The molecule has 0 saturated heterocycles. The quantitative estimate of drug-likeness (QED) is 0.743. The highest BCUT2D eigenvalue weighted by atomic mass is 19.4. The molecule has 1 atom stereocenters. The van der Waals surface area contributed by atoms with E-state index in [2.05, 4.69) is 0 Å². The van der Waals surface area contributed by atoms with Crippen molar-refractivity contribution in [3.8, 4) is 0 Å². The van der Waals surface area contributed by atoms with Gasteiger partial charge in [0.05, 0.1) is 0 Å². The third-order valence-corrected chi connectivity index (χ3v) is 2.03. The van der Waals surface area contributed by atoms with E-state index in [0.29, 0.717) is 6.54 Å². The first kappa shape index (κ1) is 12.7. The zero-order valence-corrected chi connectivity index (χ0v) is 8.23. The predicted molar refractivity (Wildman–Crippen MR) is 46.4 cm³/mol. The number of likely N-dealkylation sites (N-methyl/N-ethyl adjacent to an activating group) is 1. The first-order chi connectivity index (χ1) is 5.84. The molecule has 0 rings (SSSR count). The molecule has 80 valence electrons. The van der Waals surface area contributed by atoms with Crippen LogP contribution in [0.25, 0.3) is 0 Å². The summed E-state index contributed by atoms with van der Waals surface area (Å²) in [4.78, 5) is 1.35. The summed E-state index contributed by atoms with van der Waals surface area (Å²) in [5.41, 5.74) is 5.11. The van der Waals surface area contributed by atoms with E-state index >= 15 is 0 Å². The molecule has 0 bridgehead atoms. The van der Waals surface area contributed by atoms with Crippen molar-refractivity contribution in [2.45, 2.75) is 39.0 Å². The highest BCUT2D eigenvalue weighted by Gasteiger charge is 2.42. The molecule has 0 saturated carbocycles. The molecule has 2 N–H and O–H groups in total. The molecule has 2 nitrogen and oxygen atoms in total. The fourth-order valence-corrected chi connectivity index (χ4v) is 1.40. The molecular formula is C8H17F3N2. The van der Waals surface area contributed by atoms with Crippen molar-refractivity contribution in [1.82, 2.24) is 4.90 Å². The summed E-state index contributed by atoms with van der Waals surface area (Å²) < 4.78 is 37.2. The van der Waals surface area contributed by atoms with Gasteiger partial charge in [0.15, 0.2) is 0 Å². The lowest BCUT2D eigenvalue weighted by Crippen LogP contribution is -2.52. The molecule has 1 unspecified atom stereocenters. The Morgan fingerprint density at radius 2 is 1.77 bits per heavy atom. The smallest absolute Gasteiger partial charge is 0.329 e. The molecule has 0 aromatic rings. The van der Waals surface area contributed by atoms with Crippen molar-refractivity contribution in [2.24, 2.45) is 5.73 Å². The largest absolute Gasteiger partial charge is 0.405 e. The molecule has 0 aromatic heterocycles. The maximum atomic E-state index is 12.4. The van der Waals surface area contributed by atoms with Crippen molar-refractivity contribution in [2.75, 3.05) is 13.1 Å². The molecule has 0 aliphatic heterocycles. The standard InChI is InChI=1S/C8H17F3N2/c1-4-13(6(2)3)7(5-12)8(9,10)11/h6-7H,4-5,12H2,1-3H3. The van der Waals surface area contributed by atoms with Gasteiger partial charge in [0.25, 0.3) is 0 Å². The SMILES string of the molecule is CCN(C(C)C)C(CN)C(F)(F)F. The van der Waals surface area contributed by atoms with Crippen LogP contribution in [-0.2, 0) is 0 Å². The van der Waals surface area contributed by atoms with Gasteiger partial charge in [-0.1, -0.05) is 6.92 Å². The molecule has 13 heavy (non-hydrogen) atoms. The van der Waals surface area contributed by atoms with E-state index in [1.54, 1.807) is 20.8 Å². The molecule has 0 heterocycles. The van der Waals surface area contributed by atoms with E-state index in [1.165, 1.54) is 4.90 Å². The minimum Gasteiger partial charge on any atom is -0.329 e. The van der Waals surface area contributed by atoms with Crippen LogP contribution in [0, 0.1) is 0 Å². The Morgan fingerprint density at radius 1 is 1.31 bits per heavy atom. The number of hydrogen-bond donors (Lipinski definition) is 1.